The SMILES string of the molecule is FC(F)(F)C1=C(Cl)C=CC(S)C=C1. The molecule has 0 N–H and O–H groups in total. The summed E-state index contributed by atoms with van der Waals surface area (Å²) in [5.41, 5.74) is -0.832. The second-order valence-electron chi connectivity index (χ2n) is 2.47. The number of hydrogen-bond acceptors (Lipinski definition) is 1. The highest BCUT2D eigenvalue weighted by atomic mass is 35.5. The minimum absolute atomic E-state index is 0.305. The summed E-state index contributed by atoms with van der Waals surface area (Å²) in [5, 5.41) is -0.631. The predicted molar refractivity (Wildman–Crippen MR) is 50.0 cm³/mol. The maximum Gasteiger partial charge on any atom is 0.417 e. The van der Waals surface area contributed by atoms with Crippen molar-refractivity contribution in [3.8, 4) is 0 Å². The van der Waals surface area contributed by atoms with E-state index in [0.717, 1.165) is 6.08 Å². The summed E-state index contributed by atoms with van der Waals surface area (Å²) >= 11 is 9.41. The van der Waals surface area contributed by atoms with Crippen LogP contribution in [0.5, 0.6) is 0 Å². The van der Waals surface area contributed by atoms with Gasteiger partial charge in [0.05, 0.1) is 10.6 Å². The summed E-state index contributed by atoms with van der Waals surface area (Å²) < 4.78 is 36.7. The molecule has 1 aliphatic carbocycles. The van der Waals surface area contributed by atoms with Gasteiger partial charge in [0.1, 0.15) is 0 Å². The number of hydrogen-bond donors (Lipinski definition) is 1. The Morgan fingerprint density at radius 2 is 1.77 bits per heavy atom. The quantitative estimate of drug-likeness (QED) is 0.601. The Morgan fingerprint density at radius 3 is 2.31 bits per heavy atom. The van der Waals surface area contributed by atoms with Gasteiger partial charge in [-0.2, -0.15) is 25.8 Å². The molecule has 5 heteroatoms. The zero-order chi connectivity index (χ0) is 10.1. The van der Waals surface area contributed by atoms with Crippen molar-refractivity contribution in [2.45, 2.75) is 11.4 Å². The van der Waals surface area contributed by atoms with Crippen molar-refractivity contribution in [2.75, 3.05) is 0 Å². The molecule has 0 saturated carbocycles. The molecule has 1 unspecified atom stereocenters. The first kappa shape index (κ1) is 10.7. The molecule has 1 rings (SSSR count). The highest BCUT2D eigenvalue weighted by Crippen LogP contribution is 2.32. The molecule has 0 nitrogen and oxygen atoms in total. The van der Waals surface area contributed by atoms with E-state index in [2.05, 4.69) is 12.6 Å². The van der Waals surface area contributed by atoms with Gasteiger partial charge in [-0.1, -0.05) is 29.8 Å². The number of allylic oxidation sites excluding steroid dienone is 4. The van der Waals surface area contributed by atoms with Crippen molar-refractivity contribution >= 4 is 24.2 Å². The molecule has 0 spiro atoms. The average Bonchev–Trinajstić information content (AvgIpc) is 2.12. The van der Waals surface area contributed by atoms with Crippen LogP contribution in [0, 0.1) is 0 Å². The van der Waals surface area contributed by atoms with Crippen LogP contribution in [0.3, 0.4) is 0 Å². The molecular weight excluding hydrogens is 221 g/mol. The Balaban J connectivity index is 3.08. The molecule has 1 atom stereocenters. The third kappa shape index (κ3) is 2.81. The smallest absolute Gasteiger partial charge is 0.167 e. The average molecular weight is 227 g/mol. The van der Waals surface area contributed by atoms with Crippen molar-refractivity contribution in [1.29, 1.82) is 0 Å². The van der Waals surface area contributed by atoms with E-state index in [1.165, 1.54) is 18.2 Å². The molecule has 0 radical (unpaired) electrons. The molecule has 13 heavy (non-hydrogen) atoms. The van der Waals surface area contributed by atoms with Crippen molar-refractivity contribution in [2.24, 2.45) is 0 Å². The van der Waals surface area contributed by atoms with Crippen molar-refractivity contribution in [3.63, 3.8) is 0 Å². The van der Waals surface area contributed by atoms with E-state index in [1.54, 1.807) is 0 Å². The molecule has 0 amide bonds. The summed E-state index contributed by atoms with van der Waals surface area (Å²) in [6.45, 7) is 0. The fourth-order valence-electron chi connectivity index (χ4n) is 0.841. The first-order chi connectivity index (χ1) is 5.91. The number of thiol groups is 1. The molecule has 0 aliphatic heterocycles. The van der Waals surface area contributed by atoms with E-state index >= 15 is 0 Å². The van der Waals surface area contributed by atoms with Crippen LogP contribution in [-0.2, 0) is 0 Å². The predicted octanol–water partition coefficient (Wildman–Crippen LogP) is 3.47. The first-order valence-corrected chi connectivity index (χ1v) is 4.32. The second kappa shape index (κ2) is 3.80. The van der Waals surface area contributed by atoms with Crippen LogP contribution in [0.15, 0.2) is 34.9 Å². The van der Waals surface area contributed by atoms with Gasteiger partial charge in [-0.15, -0.1) is 0 Å². The van der Waals surface area contributed by atoms with Gasteiger partial charge >= 0.3 is 6.18 Å². The lowest BCUT2D eigenvalue weighted by atomic mass is 10.2. The van der Waals surface area contributed by atoms with Gasteiger partial charge in [-0.25, -0.2) is 0 Å². The molecule has 0 heterocycles. The minimum atomic E-state index is -4.41. The van der Waals surface area contributed by atoms with Crippen LogP contribution in [0.2, 0.25) is 0 Å². The Kier molecular flexibility index (Phi) is 3.14. The van der Waals surface area contributed by atoms with Gasteiger partial charge in [-0.3, -0.25) is 0 Å². The van der Waals surface area contributed by atoms with Crippen LogP contribution in [0.4, 0.5) is 13.2 Å². The zero-order valence-electron chi connectivity index (χ0n) is 6.35. The van der Waals surface area contributed by atoms with E-state index in [4.69, 9.17) is 11.6 Å². The third-order valence-corrected chi connectivity index (χ3v) is 2.14. The molecule has 1 aliphatic rings. The molecule has 0 bridgehead atoms. The number of alkyl halides is 3. The lowest BCUT2D eigenvalue weighted by Crippen LogP contribution is -2.10. The summed E-state index contributed by atoms with van der Waals surface area (Å²) in [5.74, 6) is 0. The van der Waals surface area contributed by atoms with E-state index in [9.17, 15) is 13.2 Å². The minimum Gasteiger partial charge on any atom is -0.167 e. The topological polar surface area (TPSA) is 0 Å². The van der Waals surface area contributed by atoms with Gasteiger partial charge in [0, 0.05) is 5.25 Å². The largest absolute Gasteiger partial charge is 0.417 e. The first-order valence-electron chi connectivity index (χ1n) is 3.42. The Labute approximate surface area is 84.2 Å². The van der Waals surface area contributed by atoms with E-state index in [0.29, 0.717) is 0 Å². The van der Waals surface area contributed by atoms with E-state index < -0.39 is 11.7 Å². The number of rotatable bonds is 0. The molecule has 0 aromatic carbocycles. The molecular formula is C8H6ClF3S. The van der Waals surface area contributed by atoms with Gasteiger partial charge < -0.3 is 0 Å². The lowest BCUT2D eigenvalue weighted by Gasteiger charge is -2.07. The Morgan fingerprint density at radius 1 is 1.23 bits per heavy atom. The van der Waals surface area contributed by atoms with Gasteiger partial charge in [0.15, 0.2) is 0 Å². The van der Waals surface area contributed by atoms with Crippen molar-refractivity contribution in [1.82, 2.24) is 0 Å². The summed E-state index contributed by atoms with van der Waals surface area (Å²) in [4.78, 5) is 0. The van der Waals surface area contributed by atoms with E-state index in [1.807, 2.05) is 0 Å². The normalized spacial score (nSPS) is 23.6. The van der Waals surface area contributed by atoms with Crippen LogP contribution in [0.1, 0.15) is 0 Å². The van der Waals surface area contributed by atoms with Gasteiger partial charge in [0.2, 0.25) is 0 Å². The maximum absolute atomic E-state index is 12.2. The Bertz CT molecular complexity index is 288. The van der Waals surface area contributed by atoms with Crippen molar-refractivity contribution in [3.05, 3.63) is 34.9 Å². The molecule has 72 valence electrons. The summed E-state index contributed by atoms with van der Waals surface area (Å²) in [6.07, 6.45) is 0.566. The Hall–Kier alpha value is -0.350. The fraction of sp³-hybridized carbons (Fsp3) is 0.250. The highest BCUT2D eigenvalue weighted by molar-refractivity contribution is 7.81. The highest BCUT2D eigenvalue weighted by Gasteiger charge is 2.34. The fourth-order valence-corrected chi connectivity index (χ4v) is 1.26. The van der Waals surface area contributed by atoms with Gasteiger partial charge in [-0.05, 0) is 6.08 Å². The standard InChI is InChI=1S/C8H6ClF3S/c9-7-4-2-5(13)1-3-6(7)8(10,11)12/h1-5,13H. The maximum atomic E-state index is 12.2. The zero-order valence-corrected chi connectivity index (χ0v) is 8.00. The molecule has 0 aromatic heterocycles. The van der Waals surface area contributed by atoms with Crippen molar-refractivity contribution < 1.29 is 13.2 Å². The van der Waals surface area contributed by atoms with Crippen LogP contribution >= 0.6 is 24.2 Å². The molecule has 0 saturated heterocycles. The van der Waals surface area contributed by atoms with Crippen LogP contribution < -0.4 is 0 Å². The number of halogens is 4. The van der Waals surface area contributed by atoms with Crippen LogP contribution in [-0.4, -0.2) is 11.4 Å². The monoisotopic (exact) mass is 226 g/mol. The summed E-state index contributed by atoms with van der Waals surface area (Å²) in [7, 11) is 0. The molecule has 0 fully saturated rings. The summed E-state index contributed by atoms with van der Waals surface area (Å²) in [6, 6.07) is 0. The van der Waals surface area contributed by atoms with Gasteiger partial charge in [0.25, 0.3) is 0 Å². The lowest BCUT2D eigenvalue weighted by molar-refractivity contribution is -0.0884. The third-order valence-electron chi connectivity index (χ3n) is 1.46. The second-order valence-corrected chi connectivity index (χ2v) is 3.47. The van der Waals surface area contributed by atoms with Crippen LogP contribution in [0.25, 0.3) is 0 Å². The molecule has 0 aromatic rings. The van der Waals surface area contributed by atoms with E-state index in [-0.39, 0.29) is 10.3 Å².